The van der Waals surface area contributed by atoms with E-state index in [1.54, 1.807) is 12.1 Å². The van der Waals surface area contributed by atoms with Crippen LogP contribution in [0.1, 0.15) is 27.6 Å². The Hall–Kier alpha value is -3.63. The van der Waals surface area contributed by atoms with E-state index in [0.717, 1.165) is 0 Å². The zero-order chi connectivity index (χ0) is 23.1. The average Bonchev–Trinajstić information content (AvgIpc) is 2.78. The minimum absolute atomic E-state index is 0.0715. The lowest BCUT2D eigenvalue weighted by molar-refractivity contribution is 0.0846. The van der Waals surface area contributed by atoms with E-state index in [9.17, 15) is 18.0 Å². The zero-order valence-electron chi connectivity index (χ0n) is 16.8. The molecule has 3 aromatic rings. The molecule has 0 saturated carbocycles. The molecule has 0 aliphatic heterocycles. The maximum Gasteiger partial charge on any atom is 0.271 e. The van der Waals surface area contributed by atoms with Gasteiger partial charge in [-0.25, -0.2) is 13.4 Å². The molecule has 32 heavy (non-hydrogen) atoms. The van der Waals surface area contributed by atoms with Crippen LogP contribution in [-0.4, -0.2) is 31.8 Å². The van der Waals surface area contributed by atoms with Crippen molar-refractivity contribution in [2.75, 3.05) is 11.3 Å². The number of carbonyl (C=O) groups excluding carboxylic acids is 2. The number of sulfonamides is 1. The molecular weight excluding hydrogens is 456 g/mol. The fourth-order valence-electron chi connectivity index (χ4n) is 2.55. The summed E-state index contributed by atoms with van der Waals surface area (Å²) in [5.74, 6) is -0.579. The second-order valence-electron chi connectivity index (χ2n) is 6.37. The molecule has 0 bridgehead atoms. The predicted molar refractivity (Wildman–Crippen MR) is 119 cm³/mol. The van der Waals surface area contributed by atoms with Crippen LogP contribution in [0, 0.1) is 0 Å². The molecular formula is C21H19ClN4O5S. The second-order valence-corrected chi connectivity index (χ2v) is 8.43. The van der Waals surface area contributed by atoms with E-state index in [0.29, 0.717) is 12.4 Å². The quantitative estimate of drug-likeness (QED) is 0.357. The molecule has 0 atom stereocenters. The molecule has 166 valence electrons. The summed E-state index contributed by atoms with van der Waals surface area (Å²) >= 11 is 5.67. The summed E-state index contributed by atoms with van der Waals surface area (Å²) < 4.78 is 32.8. The molecule has 0 unspecified atom stereocenters. The maximum atomic E-state index is 12.5. The number of benzene rings is 2. The van der Waals surface area contributed by atoms with Crippen molar-refractivity contribution in [2.24, 2.45) is 0 Å². The summed E-state index contributed by atoms with van der Waals surface area (Å²) in [4.78, 5) is 28.1. The zero-order valence-corrected chi connectivity index (χ0v) is 18.4. The molecule has 0 aliphatic carbocycles. The smallest absolute Gasteiger partial charge is 0.271 e. The molecule has 2 amide bonds. The average molecular weight is 475 g/mol. The number of pyridine rings is 1. The summed E-state index contributed by atoms with van der Waals surface area (Å²) in [6, 6.07) is 14.6. The van der Waals surface area contributed by atoms with Crippen LogP contribution in [0.15, 0.2) is 71.8 Å². The van der Waals surface area contributed by atoms with Crippen molar-refractivity contribution in [2.45, 2.75) is 11.8 Å². The van der Waals surface area contributed by atoms with Gasteiger partial charge in [0.1, 0.15) is 10.9 Å². The normalized spacial score (nSPS) is 10.8. The van der Waals surface area contributed by atoms with Crippen LogP contribution in [0.3, 0.4) is 0 Å². The molecule has 9 nitrogen and oxygen atoms in total. The van der Waals surface area contributed by atoms with E-state index in [1.165, 1.54) is 54.7 Å². The lowest BCUT2D eigenvalue weighted by Gasteiger charge is -2.10. The first kappa shape index (κ1) is 23.0. The van der Waals surface area contributed by atoms with Crippen LogP contribution in [0.25, 0.3) is 0 Å². The number of rotatable bonds is 7. The number of amides is 2. The Morgan fingerprint density at radius 2 is 1.50 bits per heavy atom. The van der Waals surface area contributed by atoms with Crippen molar-refractivity contribution in [1.29, 1.82) is 0 Å². The van der Waals surface area contributed by atoms with E-state index < -0.39 is 21.8 Å². The summed E-state index contributed by atoms with van der Waals surface area (Å²) in [6.45, 7) is 2.31. The van der Waals surface area contributed by atoms with Crippen molar-refractivity contribution < 1.29 is 22.7 Å². The highest BCUT2D eigenvalue weighted by Crippen LogP contribution is 2.19. The summed E-state index contributed by atoms with van der Waals surface area (Å²) in [5, 5.41) is 0.240. The van der Waals surface area contributed by atoms with E-state index in [4.69, 9.17) is 16.3 Å². The number of hydrazine groups is 1. The van der Waals surface area contributed by atoms with Gasteiger partial charge in [-0.2, -0.15) is 0 Å². The van der Waals surface area contributed by atoms with Gasteiger partial charge in [0, 0.05) is 17.4 Å². The largest absolute Gasteiger partial charge is 0.494 e. The van der Waals surface area contributed by atoms with Crippen molar-refractivity contribution in [3.63, 3.8) is 0 Å². The molecule has 1 heterocycles. The highest BCUT2D eigenvalue weighted by Gasteiger charge is 2.15. The summed E-state index contributed by atoms with van der Waals surface area (Å²) in [6.07, 6.45) is 1.27. The monoisotopic (exact) mass is 474 g/mol. The number of nitrogens with one attached hydrogen (secondary N) is 3. The Morgan fingerprint density at radius 3 is 2.06 bits per heavy atom. The number of carbonyl (C=O) groups is 2. The van der Waals surface area contributed by atoms with Crippen LogP contribution < -0.4 is 20.3 Å². The van der Waals surface area contributed by atoms with Gasteiger partial charge in [0.2, 0.25) is 0 Å². The van der Waals surface area contributed by atoms with Crippen LogP contribution in [0.2, 0.25) is 5.15 Å². The highest BCUT2D eigenvalue weighted by atomic mass is 35.5. The standard InChI is InChI=1S/C21H19ClN4O5S/c1-2-31-17-8-10-18(11-9-17)32(29,30)26-16-6-3-14(4-7-16)20(27)24-25-21(28)15-5-12-19(22)23-13-15/h3-13,26H,2H2,1H3,(H,24,27)(H,25,28). The van der Waals surface area contributed by atoms with Gasteiger partial charge < -0.3 is 4.74 Å². The number of hydrogen-bond acceptors (Lipinski definition) is 6. The number of anilines is 1. The number of hydrogen-bond donors (Lipinski definition) is 3. The minimum Gasteiger partial charge on any atom is -0.494 e. The lowest BCUT2D eigenvalue weighted by atomic mass is 10.2. The molecule has 3 rings (SSSR count). The molecule has 0 fully saturated rings. The summed E-state index contributed by atoms with van der Waals surface area (Å²) in [7, 11) is -3.81. The van der Waals surface area contributed by atoms with E-state index in [2.05, 4.69) is 20.6 Å². The van der Waals surface area contributed by atoms with Gasteiger partial charge in [-0.3, -0.25) is 25.2 Å². The minimum atomic E-state index is -3.81. The molecule has 0 radical (unpaired) electrons. The third-order valence-electron chi connectivity index (χ3n) is 4.12. The number of halogens is 1. The second kappa shape index (κ2) is 10.1. The van der Waals surface area contributed by atoms with Crippen LogP contribution >= 0.6 is 11.6 Å². The Morgan fingerprint density at radius 1 is 0.906 bits per heavy atom. The number of ether oxygens (including phenoxy) is 1. The van der Waals surface area contributed by atoms with Crippen molar-refractivity contribution in [1.82, 2.24) is 15.8 Å². The summed E-state index contributed by atoms with van der Waals surface area (Å²) in [5.41, 5.74) is 5.23. The van der Waals surface area contributed by atoms with Gasteiger partial charge in [0.15, 0.2) is 0 Å². The first-order valence-electron chi connectivity index (χ1n) is 9.36. The fraction of sp³-hybridized carbons (Fsp3) is 0.0952. The van der Waals surface area contributed by atoms with Crippen molar-refractivity contribution in [3.05, 3.63) is 83.1 Å². The molecule has 0 saturated heterocycles. The Bertz CT molecular complexity index is 1200. The predicted octanol–water partition coefficient (Wildman–Crippen LogP) is 3.01. The third kappa shape index (κ3) is 5.96. The van der Waals surface area contributed by atoms with E-state index >= 15 is 0 Å². The third-order valence-corrected chi connectivity index (χ3v) is 5.74. The molecule has 11 heteroatoms. The van der Waals surface area contributed by atoms with E-state index in [1.807, 2.05) is 6.92 Å². The molecule has 0 aliphatic rings. The molecule has 3 N–H and O–H groups in total. The highest BCUT2D eigenvalue weighted by molar-refractivity contribution is 7.92. The van der Waals surface area contributed by atoms with Crippen molar-refractivity contribution in [3.8, 4) is 5.75 Å². The molecule has 2 aromatic carbocycles. The van der Waals surface area contributed by atoms with Gasteiger partial charge in [0.05, 0.1) is 17.1 Å². The van der Waals surface area contributed by atoms with E-state index in [-0.39, 0.29) is 26.9 Å². The topological polar surface area (TPSA) is 126 Å². The number of aromatic nitrogens is 1. The number of nitrogens with zero attached hydrogens (tertiary/aromatic N) is 1. The SMILES string of the molecule is CCOc1ccc(S(=O)(=O)Nc2ccc(C(=O)NNC(=O)c3ccc(Cl)nc3)cc2)cc1. The first-order chi connectivity index (χ1) is 15.3. The van der Waals surface area contributed by atoms with Gasteiger partial charge in [-0.15, -0.1) is 0 Å². The van der Waals surface area contributed by atoms with Crippen molar-refractivity contribution >= 4 is 39.1 Å². The maximum absolute atomic E-state index is 12.5. The van der Waals surface area contributed by atoms with Crippen LogP contribution in [0.5, 0.6) is 5.75 Å². The first-order valence-corrected chi connectivity index (χ1v) is 11.2. The Balaban J connectivity index is 1.59. The lowest BCUT2D eigenvalue weighted by Crippen LogP contribution is -2.41. The fourth-order valence-corrected chi connectivity index (χ4v) is 3.72. The van der Waals surface area contributed by atoms with Crippen LogP contribution in [-0.2, 0) is 10.0 Å². The molecule has 0 spiro atoms. The van der Waals surface area contributed by atoms with Gasteiger partial charge in [-0.05, 0) is 67.6 Å². The Labute approximate surface area is 189 Å². The van der Waals surface area contributed by atoms with Gasteiger partial charge >= 0.3 is 0 Å². The van der Waals surface area contributed by atoms with Gasteiger partial charge in [0.25, 0.3) is 21.8 Å². The molecule has 1 aromatic heterocycles. The van der Waals surface area contributed by atoms with Gasteiger partial charge in [-0.1, -0.05) is 11.6 Å². The van der Waals surface area contributed by atoms with Crippen LogP contribution in [0.4, 0.5) is 5.69 Å². The Kier molecular flexibility index (Phi) is 7.29.